The van der Waals surface area contributed by atoms with Gasteiger partial charge in [-0.2, -0.15) is 0 Å². The van der Waals surface area contributed by atoms with Gasteiger partial charge in [-0.1, -0.05) is 12.1 Å². The molecular weight excluding hydrogens is 252 g/mol. The second-order valence-electron chi connectivity index (χ2n) is 3.72. The molecule has 0 radical (unpaired) electrons. The summed E-state index contributed by atoms with van der Waals surface area (Å²) in [6, 6.07) is 4.98. The molecule has 0 unspecified atom stereocenters. The van der Waals surface area contributed by atoms with Crippen LogP contribution in [0.25, 0.3) is 0 Å². The molecule has 0 spiro atoms. The molecule has 0 saturated heterocycles. The summed E-state index contributed by atoms with van der Waals surface area (Å²) < 4.78 is 4.82. The van der Waals surface area contributed by atoms with Gasteiger partial charge in [-0.15, -0.1) is 0 Å². The van der Waals surface area contributed by atoms with Crippen LogP contribution in [-0.4, -0.2) is 30.0 Å². The first-order valence-electron chi connectivity index (χ1n) is 5.68. The first kappa shape index (κ1) is 14.6. The topological polar surface area (TPSA) is 98.5 Å². The van der Waals surface area contributed by atoms with E-state index in [2.05, 4.69) is 5.32 Å². The number of hydrogen-bond donors (Lipinski definition) is 1. The van der Waals surface area contributed by atoms with E-state index >= 15 is 0 Å². The smallest absolute Gasteiger partial charge is 0.328 e. The van der Waals surface area contributed by atoms with E-state index in [9.17, 15) is 19.7 Å². The van der Waals surface area contributed by atoms with Crippen molar-refractivity contribution in [2.75, 3.05) is 6.61 Å². The van der Waals surface area contributed by atoms with Crippen molar-refractivity contribution in [3.8, 4) is 0 Å². The number of non-ortho nitro benzene ring substituents is 1. The van der Waals surface area contributed by atoms with Gasteiger partial charge in [0.15, 0.2) is 0 Å². The van der Waals surface area contributed by atoms with E-state index in [0.29, 0.717) is 12.0 Å². The molecule has 0 aliphatic heterocycles. The van der Waals surface area contributed by atoms with E-state index < -0.39 is 16.9 Å². The summed E-state index contributed by atoms with van der Waals surface area (Å²) in [5.41, 5.74) is 0.665. The number of nitro benzene ring substituents is 1. The summed E-state index contributed by atoms with van der Waals surface area (Å²) in [6.07, 6.45) is 0.641. The Morgan fingerprint density at radius 1 is 1.47 bits per heavy atom. The molecule has 1 rings (SSSR count). The van der Waals surface area contributed by atoms with Crippen LogP contribution >= 0.6 is 0 Å². The van der Waals surface area contributed by atoms with Crippen LogP contribution in [0.2, 0.25) is 0 Å². The molecule has 19 heavy (non-hydrogen) atoms. The standard InChI is InChI=1S/C12H14N2O5/c1-2-19-12(16)11(13-8-15)7-9-3-5-10(6-4-9)14(17)18/h3-6,8,11H,2,7H2,1H3,(H,13,15)/t11-/m0/s1. The van der Waals surface area contributed by atoms with E-state index in [-0.39, 0.29) is 18.7 Å². The maximum absolute atomic E-state index is 11.6. The molecule has 1 aromatic rings. The Kier molecular flexibility index (Phi) is 5.46. The lowest BCUT2D eigenvalue weighted by Crippen LogP contribution is -2.39. The average Bonchev–Trinajstić information content (AvgIpc) is 2.39. The van der Waals surface area contributed by atoms with Crippen molar-refractivity contribution in [3.05, 3.63) is 39.9 Å². The lowest BCUT2D eigenvalue weighted by atomic mass is 10.1. The number of nitrogens with zero attached hydrogens (tertiary/aromatic N) is 1. The van der Waals surface area contributed by atoms with E-state index in [4.69, 9.17) is 4.74 Å². The summed E-state index contributed by atoms with van der Waals surface area (Å²) >= 11 is 0. The molecule has 0 heterocycles. The van der Waals surface area contributed by atoms with E-state index in [1.54, 1.807) is 6.92 Å². The largest absolute Gasteiger partial charge is 0.464 e. The van der Waals surface area contributed by atoms with Crippen molar-refractivity contribution >= 4 is 18.1 Å². The second-order valence-corrected chi connectivity index (χ2v) is 3.72. The lowest BCUT2D eigenvalue weighted by molar-refractivity contribution is -0.384. The quantitative estimate of drug-likeness (QED) is 0.341. The zero-order chi connectivity index (χ0) is 14.3. The molecule has 0 saturated carbocycles. The monoisotopic (exact) mass is 266 g/mol. The number of ether oxygens (including phenoxy) is 1. The fourth-order valence-corrected chi connectivity index (χ4v) is 1.52. The van der Waals surface area contributed by atoms with Crippen molar-refractivity contribution in [1.29, 1.82) is 0 Å². The van der Waals surface area contributed by atoms with Crippen molar-refractivity contribution in [2.24, 2.45) is 0 Å². The van der Waals surface area contributed by atoms with Crippen LogP contribution in [-0.2, 0) is 20.7 Å². The molecule has 0 aliphatic carbocycles. The van der Waals surface area contributed by atoms with Gasteiger partial charge in [0.1, 0.15) is 6.04 Å². The van der Waals surface area contributed by atoms with Gasteiger partial charge in [0.05, 0.1) is 11.5 Å². The minimum Gasteiger partial charge on any atom is -0.464 e. The number of esters is 1. The second kappa shape index (κ2) is 7.10. The van der Waals surface area contributed by atoms with E-state index in [0.717, 1.165) is 0 Å². The first-order valence-corrected chi connectivity index (χ1v) is 5.68. The van der Waals surface area contributed by atoms with E-state index in [1.807, 2.05) is 0 Å². The number of carbonyl (C=O) groups is 2. The van der Waals surface area contributed by atoms with Gasteiger partial charge in [0.25, 0.3) is 5.69 Å². The molecule has 1 atom stereocenters. The highest BCUT2D eigenvalue weighted by Gasteiger charge is 2.19. The third kappa shape index (κ3) is 4.38. The third-order valence-corrected chi connectivity index (χ3v) is 2.43. The van der Waals surface area contributed by atoms with Crippen molar-refractivity contribution < 1.29 is 19.2 Å². The van der Waals surface area contributed by atoms with Gasteiger partial charge in [-0.3, -0.25) is 14.9 Å². The summed E-state index contributed by atoms with van der Waals surface area (Å²) in [5, 5.41) is 12.9. The van der Waals surface area contributed by atoms with Crippen LogP contribution in [0.3, 0.4) is 0 Å². The number of nitrogens with one attached hydrogen (secondary N) is 1. The first-order chi connectivity index (χ1) is 9.08. The zero-order valence-electron chi connectivity index (χ0n) is 10.4. The van der Waals surface area contributed by atoms with Gasteiger partial charge in [0.2, 0.25) is 6.41 Å². The van der Waals surface area contributed by atoms with Crippen LogP contribution in [0.15, 0.2) is 24.3 Å². The number of hydrogen-bond acceptors (Lipinski definition) is 5. The summed E-state index contributed by atoms with van der Waals surface area (Å²) in [4.78, 5) is 32.0. The van der Waals surface area contributed by atoms with Gasteiger partial charge in [-0.25, -0.2) is 4.79 Å². The molecule has 0 aromatic heterocycles. The van der Waals surface area contributed by atoms with Crippen LogP contribution in [0.1, 0.15) is 12.5 Å². The molecule has 0 bridgehead atoms. The average molecular weight is 266 g/mol. The van der Waals surface area contributed by atoms with Gasteiger partial charge >= 0.3 is 5.97 Å². The normalized spacial score (nSPS) is 11.4. The number of carbonyl (C=O) groups excluding carboxylic acids is 2. The molecule has 0 fully saturated rings. The van der Waals surface area contributed by atoms with Crippen molar-refractivity contribution in [1.82, 2.24) is 5.32 Å². The van der Waals surface area contributed by atoms with Gasteiger partial charge in [-0.05, 0) is 12.5 Å². The minimum atomic E-state index is -0.793. The molecule has 7 nitrogen and oxygen atoms in total. The Balaban J connectivity index is 2.75. The Labute approximate surface area is 109 Å². The maximum atomic E-state index is 11.6. The van der Waals surface area contributed by atoms with Gasteiger partial charge < -0.3 is 10.1 Å². The number of rotatable bonds is 7. The summed E-state index contributed by atoms with van der Waals surface area (Å²) in [6.45, 7) is 1.89. The molecule has 102 valence electrons. The number of amides is 1. The molecule has 1 aromatic carbocycles. The minimum absolute atomic E-state index is 0.0280. The molecular formula is C12H14N2O5. The Morgan fingerprint density at radius 3 is 2.58 bits per heavy atom. The molecule has 7 heteroatoms. The van der Waals surface area contributed by atoms with E-state index in [1.165, 1.54) is 24.3 Å². The molecule has 1 amide bonds. The SMILES string of the molecule is CCOC(=O)[C@H](Cc1ccc([N+](=O)[O-])cc1)NC=O. The zero-order valence-corrected chi connectivity index (χ0v) is 10.4. The fraction of sp³-hybridized carbons (Fsp3) is 0.333. The number of benzene rings is 1. The lowest BCUT2D eigenvalue weighted by Gasteiger charge is -2.14. The van der Waals surface area contributed by atoms with Crippen LogP contribution < -0.4 is 5.32 Å². The van der Waals surface area contributed by atoms with Gasteiger partial charge in [0, 0.05) is 18.6 Å². The number of nitro groups is 1. The fourth-order valence-electron chi connectivity index (χ4n) is 1.52. The van der Waals surface area contributed by atoms with Crippen LogP contribution in [0.4, 0.5) is 5.69 Å². The predicted octanol–water partition coefficient (Wildman–Crippen LogP) is 0.815. The highest BCUT2D eigenvalue weighted by Crippen LogP contribution is 2.13. The van der Waals surface area contributed by atoms with Crippen molar-refractivity contribution in [3.63, 3.8) is 0 Å². The highest BCUT2D eigenvalue weighted by molar-refractivity contribution is 5.78. The Hall–Kier alpha value is -2.44. The predicted molar refractivity (Wildman–Crippen MR) is 66.4 cm³/mol. The highest BCUT2D eigenvalue weighted by atomic mass is 16.6. The maximum Gasteiger partial charge on any atom is 0.328 e. The Bertz CT molecular complexity index is 458. The molecule has 0 aliphatic rings. The summed E-state index contributed by atoms with van der Waals surface area (Å²) in [7, 11) is 0. The van der Waals surface area contributed by atoms with Crippen LogP contribution in [0.5, 0.6) is 0 Å². The van der Waals surface area contributed by atoms with Crippen LogP contribution in [0, 0.1) is 10.1 Å². The molecule has 1 N–H and O–H groups in total. The Morgan fingerprint density at radius 2 is 2.11 bits per heavy atom. The third-order valence-electron chi connectivity index (χ3n) is 2.43. The van der Waals surface area contributed by atoms with Crippen molar-refractivity contribution in [2.45, 2.75) is 19.4 Å². The summed E-state index contributed by atoms with van der Waals surface area (Å²) in [5.74, 6) is -0.534.